The minimum Gasteiger partial charge on any atom is -0.330 e. The Bertz CT molecular complexity index is 333. The van der Waals surface area contributed by atoms with Crippen LogP contribution in [0, 0.1) is 5.82 Å². The summed E-state index contributed by atoms with van der Waals surface area (Å²) < 4.78 is 27.2. The fourth-order valence-electron chi connectivity index (χ4n) is 1.12. The predicted octanol–water partition coefficient (Wildman–Crippen LogP) is 3.60. The van der Waals surface area contributed by atoms with Crippen LogP contribution < -0.4 is 5.73 Å². The predicted molar refractivity (Wildman–Crippen MR) is 56.6 cm³/mol. The third-order valence-electron chi connectivity index (χ3n) is 1.81. The molecule has 1 aromatic rings. The summed E-state index contributed by atoms with van der Waals surface area (Å²) in [5.74, 6) is -0.720. The molecule has 1 aromatic carbocycles. The Hall–Kier alpha value is -0.190. The second-order valence-corrected chi connectivity index (χ2v) is 4.06. The molecule has 0 heterocycles. The van der Waals surface area contributed by atoms with Crippen molar-refractivity contribution >= 4 is 27.5 Å². The van der Waals surface area contributed by atoms with Crippen LogP contribution in [0.1, 0.15) is 18.2 Å². The summed E-state index contributed by atoms with van der Waals surface area (Å²) in [6, 6.07) is 2.89. The molecule has 1 unspecified atom stereocenters. The average Bonchev–Trinajstić information content (AvgIpc) is 2.13. The van der Waals surface area contributed by atoms with Crippen LogP contribution >= 0.6 is 27.5 Å². The number of alkyl halides is 1. The number of hydrogen-bond donors (Lipinski definition) is 1. The quantitative estimate of drug-likeness (QED) is 0.843. The van der Waals surface area contributed by atoms with Crippen LogP contribution in [-0.4, -0.2) is 6.54 Å². The Balaban J connectivity index is 3.11. The lowest BCUT2D eigenvalue weighted by Gasteiger charge is -2.11. The van der Waals surface area contributed by atoms with Crippen molar-refractivity contribution in [2.75, 3.05) is 6.54 Å². The minimum atomic E-state index is -1.42. The first-order valence-corrected chi connectivity index (χ1v) is 5.22. The molecule has 0 fully saturated rings. The Morgan fingerprint density at radius 2 is 2.14 bits per heavy atom. The molecule has 0 radical (unpaired) electrons. The number of benzene rings is 1. The Morgan fingerprint density at radius 3 is 2.71 bits per heavy atom. The highest BCUT2D eigenvalue weighted by Crippen LogP contribution is 2.33. The second-order valence-electron chi connectivity index (χ2n) is 2.80. The molecule has 0 aliphatic heterocycles. The van der Waals surface area contributed by atoms with E-state index in [1.165, 1.54) is 12.1 Å². The van der Waals surface area contributed by atoms with Gasteiger partial charge in [-0.2, -0.15) is 0 Å². The number of nitrogens with two attached hydrogens (primary N) is 1. The van der Waals surface area contributed by atoms with Crippen molar-refractivity contribution in [1.29, 1.82) is 0 Å². The zero-order chi connectivity index (χ0) is 10.7. The standard InChI is InChI=1S/C9H9BrClF2N/c10-5-1-2-6(11)9(13)8(5)7(12)3-4-14/h1-2,7H,3-4,14H2. The smallest absolute Gasteiger partial charge is 0.149 e. The zero-order valence-electron chi connectivity index (χ0n) is 7.24. The molecule has 14 heavy (non-hydrogen) atoms. The maximum absolute atomic E-state index is 13.4. The van der Waals surface area contributed by atoms with Crippen LogP contribution in [0.4, 0.5) is 8.78 Å². The van der Waals surface area contributed by atoms with Crippen molar-refractivity contribution in [3.05, 3.63) is 33.0 Å². The van der Waals surface area contributed by atoms with E-state index in [1.807, 2.05) is 0 Å². The van der Waals surface area contributed by atoms with E-state index in [1.54, 1.807) is 0 Å². The Kier molecular flexibility index (Phi) is 4.29. The first-order valence-electron chi connectivity index (χ1n) is 4.05. The molecule has 0 saturated carbocycles. The molecule has 2 N–H and O–H groups in total. The summed E-state index contributed by atoms with van der Waals surface area (Å²) in [6.45, 7) is 0.166. The van der Waals surface area contributed by atoms with Gasteiger partial charge in [-0.05, 0) is 25.1 Å². The summed E-state index contributed by atoms with van der Waals surface area (Å²) in [7, 11) is 0. The van der Waals surface area contributed by atoms with Gasteiger partial charge >= 0.3 is 0 Å². The van der Waals surface area contributed by atoms with Gasteiger partial charge in [0.1, 0.15) is 12.0 Å². The molecule has 1 nitrogen and oxygen atoms in total. The summed E-state index contributed by atoms with van der Waals surface area (Å²) >= 11 is 8.61. The topological polar surface area (TPSA) is 26.0 Å². The molecule has 1 atom stereocenters. The van der Waals surface area contributed by atoms with E-state index < -0.39 is 12.0 Å². The molecule has 1 rings (SSSR count). The third kappa shape index (κ3) is 2.43. The van der Waals surface area contributed by atoms with Gasteiger partial charge in [0.2, 0.25) is 0 Å². The first kappa shape index (κ1) is 11.9. The molecule has 0 aromatic heterocycles. The van der Waals surface area contributed by atoms with Crippen LogP contribution in [0.15, 0.2) is 16.6 Å². The molecule has 0 aliphatic rings. The van der Waals surface area contributed by atoms with Crippen LogP contribution in [0.5, 0.6) is 0 Å². The van der Waals surface area contributed by atoms with Gasteiger partial charge in [0.15, 0.2) is 0 Å². The van der Waals surface area contributed by atoms with Crippen molar-refractivity contribution in [1.82, 2.24) is 0 Å². The zero-order valence-corrected chi connectivity index (χ0v) is 9.58. The van der Waals surface area contributed by atoms with Crippen molar-refractivity contribution < 1.29 is 8.78 Å². The van der Waals surface area contributed by atoms with Gasteiger partial charge in [0.05, 0.1) is 5.02 Å². The maximum Gasteiger partial charge on any atom is 0.149 e. The largest absolute Gasteiger partial charge is 0.330 e. The molecule has 0 bridgehead atoms. The van der Waals surface area contributed by atoms with Gasteiger partial charge < -0.3 is 5.73 Å². The van der Waals surface area contributed by atoms with Gasteiger partial charge in [0, 0.05) is 10.0 Å². The van der Waals surface area contributed by atoms with E-state index >= 15 is 0 Å². The van der Waals surface area contributed by atoms with Crippen molar-refractivity contribution in [2.45, 2.75) is 12.6 Å². The maximum atomic E-state index is 13.4. The van der Waals surface area contributed by atoms with Crippen molar-refractivity contribution in [3.63, 3.8) is 0 Å². The van der Waals surface area contributed by atoms with E-state index in [4.69, 9.17) is 17.3 Å². The van der Waals surface area contributed by atoms with Gasteiger partial charge in [-0.25, -0.2) is 8.78 Å². The van der Waals surface area contributed by atoms with E-state index in [9.17, 15) is 8.78 Å². The monoisotopic (exact) mass is 283 g/mol. The van der Waals surface area contributed by atoms with Crippen LogP contribution in [0.3, 0.4) is 0 Å². The molecule has 0 saturated heterocycles. The summed E-state index contributed by atoms with van der Waals surface area (Å²) in [6.07, 6.45) is -1.34. The lowest BCUT2D eigenvalue weighted by molar-refractivity contribution is 0.316. The lowest BCUT2D eigenvalue weighted by Crippen LogP contribution is -2.06. The van der Waals surface area contributed by atoms with Crippen LogP contribution in [0.25, 0.3) is 0 Å². The Labute approximate surface area is 94.4 Å². The summed E-state index contributed by atoms with van der Waals surface area (Å²) in [5.41, 5.74) is 5.14. The van der Waals surface area contributed by atoms with Crippen LogP contribution in [0.2, 0.25) is 5.02 Å². The second kappa shape index (κ2) is 5.05. The van der Waals surface area contributed by atoms with E-state index in [0.717, 1.165) is 0 Å². The Morgan fingerprint density at radius 1 is 1.50 bits per heavy atom. The fraction of sp³-hybridized carbons (Fsp3) is 0.333. The summed E-state index contributed by atoms with van der Waals surface area (Å²) in [4.78, 5) is 0. The third-order valence-corrected chi connectivity index (χ3v) is 2.80. The summed E-state index contributed by atoms with van der Waals surface area (Å²) in [5, 5.41) is -0.0807. The molecular formula is C9H9BrClF2N. The van der Waals surface area contributed by atoms with Gasteiger partial charge in [0.25, 0.3) is 0 Å². The van der Waals surface area contributed by atoms with Crippen molar-refractivity contribution in [2.24, 2.45) is 5.73 Å². The van der Waals surface area contributed by atoms with Gasteiger partial charge in [-0.1, -0.05) is 27.5 Å². The first-order chi connectivity index (χ1) is 6.57. The lowest BCUT2D eigenvalue weighted by atomic mass is 10.1. The number of hydrogen-bond acceptors (Lipinski definition) is 1. The fourth-order valence-corrected chi connectivity index (χ4v) is 1.84. The van der Waals surface area contributed by atoms with Gasteiger partial charge in [-0.15, -0.1) is 0 Å². The van der Waals surface area contributed by atoms with E-state index in [2.05, 4.69) is 15.9 Å². The SMILES string of the molecule is NCCC(F)c1c(Br)ccc(Cl)c1F. The molecule has 78 valence electrons. The van der Waals surface area contributed by atoms with Gasteiger partial charge in [-0.3, -0.25) is 0 Å². The normalized spacial score (nSPS) is 12.9. The highest BCUT2D eigenvalue weighted by atomic mass is 79.9. The average molecular weight is 285 g/mol. The van der Waals surface area contributed by atoms with Crippen LogP contribution in [-0.2, 0) is 0 Å². The molecule has 0 spiro atoms. The highest BCUT2D eigenvalue weighted by molar-refractivity contribution is 9.10. The molecule has 0 amide bonds. The molecule has 0 aliphatic carbocycles. The number of rotatable bonds is 3. The highest BCUT2D eigenvalue weighted by Gasteiger charge is 2.19. The van der Waals surface area contributed by atoms with E-state index in [0.29, 0.717) is 4.47 Å². The van der Waals surface area contributed by atoms with Crippen molar-refractivity contribution in [3.8, 4) is 0 Å². The van der Waals surface area contributed by atoms with E-state index in [-0.39, 0.29) is 23.6 Å². The number of halogens is 4. The minimum absolute atomic E-state index is 0.0528. The molecular weight excluding hydrogens is 275 g/mol. The molecule has 5 heteroatoms.